The van der Waals surface area contributed by atoms with Crippen molar-refractivity contribution < 1.29 is 19.5 Å². The Morgan fingerprint density at radius 3 is 2.71 bits per heavy atom. The first-order chi connectivity index (χ1) is 8.06. The first kappa shape index (κ1) is 13.5. The Bertz CT molecular complexity index is 317. The summed E-state index contributed by atoms with van der Waals surface area (Å²) in [4.78, 5) is 35.1. The van der Waals surface area contributed by atoms with Gasteiger partial charge < -0.3 is 15.3 Å². The van der Waals surface area contributed by atoms with Crippen molar-refractivity contribution in [1.29, 1.82) is 0 Å². The summed E-state index contributed by atoms with van der Waals surface area (Å²) in [5.41, 5.74) is 0. The Morgan fingerprint density at radius 1 is 1.41 bits per heavy atom. The minimum absolute atomic E-state index is 0.109. The second kappa shape index (κ2) is 6.22. The van der Waals surface area contributed by atoms with Crippen LogP contribution >= 0.6 is 0 Å². The van der Waals surface area contributed by atoms with Gasteiger partial charge in [0.2, 0.25) is 11.8 Å². The van der Waals surface area contributed by atoms with Gasteiger partial charge in [0.15, 0.2) is 0 Å². The fraction of sp³-hybridized carbons (Fsp3) is 0.727. The summed E-state index contributed by atoms with van der Waals surface area (Å²) >= 11 is 0. The largest absolute Gasteiger partial charge is 0.480 e. The van der Waals surface area contributed by atoms with Crippen molar-refractivity contribution in [2.75, 3.05) is 13.1 Å². The maximum absolute atomic E-state index is 11.7. The predicted molar refractivity (Wildman–Crippen MR) is 60.3 cm³/mol. The number of likely N-dealkylation sites (tertiary alicyclic amines) is 1. The molecule has 0 saturated carbocycles. The molecule has 1 rings (SSSR count). The molecule has 0 unspecified atom stereocenters. The maximum atomic E-state index is 11.7. The molecule has 0 aromatic heterocycles. The van der Waals surface area contributed by atoms with Crippen LogP contribution in [-0.2, 0) is 14.4 Å². The molecule has 0 aromatic carbocycles. The van der Waals surface area contributed by atoms with Gasteiger partial charge in [0.25, 0.3) is 0 Å². The third-order valence-corrected chi connectivity index (χ3v) is 2.77. The quantitative estimate of drug-likeness (QED) is 0.709. The summed E-state index contributed by atoms with van der Waals surface area (Å²) in [7, 11) is 0. The molecule has 1 aliphatic heterocycles. The highest BCUT2D eigenvalue weighted by Crippen LogP contribution is 2.17. The molecule has 0 radical (unpaired) electrons. The number of aliphatic carboxylic acids is 1. The van der Waals surface area contributed by atoms with E-state index in [9.17, 15) is 14.4 Å². The van der Waals surface area contributed by atoms with E-state index in [1.165, 1.54) is 4.90 Å². The second-order valence-electron chi connectivity index (χ2n) is 4.11. The van der Waals surface area contributed by atoms with Gasteiger partial charge in [-0.1, -0.05) is 6.92 Å². The highest BCUT2D eigenvalue weighted by atomic mass is 16.4. The first-order valence-corrected chi connectivity index (χ1v) is 5.85. The third kappa shape index (κ3) is 3.72. The van der Waals surface area contributed by atoms with E-state index < -0.39 is 12.0 Å². The van der Waals surface area contributed by atoms with Crippen LogP contribution in [0.15, 0.2) is 0 Å². The van der Waals surface area contributed by atoms with E-state index in [4.69, 9.17) is 5.11 Å². The Hall–Kier alpha value is -1.59. The number of carbonyl (C=O) groups excluding carboxylic acids is 2. The Kier molecular flexibility index (Phi) is 4.93. The predicted octanol–water partition coefficient (Wildman–Crippen LogP) is -0.0217. The van der Waals surface area contributed by atoms with Gasteiger partial charge in [0.05, 0.1) is 6.54 Å². The zero-order valence-electron chi connectivity index (χ0n) is 9.94. The molecule has 6 heteroatoms. The molecule has 1 fully saturated rings. The fourth-order valence-electron chi connectivity index (χ4n) is 1.91. The van der Waals surface area contributed by atoms with Gasteiger partial charge in [-0.15, -0.1) is 0 Å². The van der Waals surface area contributed by atoms with Crippen molar-refractivity contribution in [3.8, 4) is 0 Å². The number of carboxylic acids is 1. The molecule has 17 heavy (non-hydrogen) atoms. The number of nitrogens with one attached hydrogen (secondary N) is 1. The van der Waals surface area contributed by atoms with Crippen LogP contribution in [0.1, 0.15) is 32.6 Å². The molecule has 2 amide bonds. The van der Waals surface area contributed by atoms with E-state index >= 15 is 0 Å². The van der Waals surface area contributed by atoms with Crippen molar-refractivity contribution in [1.82, 2.24) is 10.2 Å². The van der Waals surface area contributed by atoms with Crippen LogP contribution in [-0.4, -0.2) is 46.9 Å². The van der Waals surface area contributed by atoms with Crippen molar-refractivity contribution in [2.24, 2.45) is 0 Å². The minimum atomic E-state index is -0.976. The molecule has 1 aliphatic rings. The Morgan fingerprint density at radius 2 is 2.12 bits per heavy atom. The molecule has 1 saturated heterocycles. The lowest BCUT2D eigenvalue weighted by atomic mass is 10.2. The van der Waals surface area contributed by atoms with Crippen LogP contribution in [0.5, 0.6) is 0 Å². The van der Waals surface area contributed by atoms with Crippen molar-refractivity contribution >= 4 is 17.8 Å². The maximum Gasteiger partial charge on any atom is 0.326 e. The highest BCUT2D eigenvalue weighted by molar-refractivity contribution is 5.88. The summed E-state index contributed by atoms with van der Waals surface area (Å²) < 4.78 is 0. The summed E-state index contributed by atoms with van der Waals surface area (Å²) in [6.07, 6.45) is 2.30. The number of hydrogen-bond acceptors (Lipinski definition) is 3. The number of rotatable bonds is 5. The summed E-state index contributed by atoms with van der Waals surface area (Å²) in [6, 6.07) is -0.731. The topological polar surface area (TPSA) is 86.7 Å². The van der Waals surface area contributed by atoms with Crippen LogP contribution in [0.2, 0.25) is 0 Å². The van der Waals surface area contributed by atoms with E-state index in [1.807, 2.05) is 6.92 Å². The smallest absolute Gasteiger partial charge is 0.326 e. The number of hydrogen-bond donors (Lipinski definition) is 2. The molecular weight excluding hydrogens is 224 g/mol. The van der Waals surface area contributed by atoms with Gasteiger partial charge in [0.1, 0.15) is 6.04 Å². The molecular formula is C11H18N2O4. The lowest BCUT2D eigenvalue weighted by Crippen LogP contribution is -2.45. The first-order valence-electron chi connectivity index (χ1n) is 5.85. The lowest BCUT2D eigenvalue weighted by molar-refractivity contribution is -0.148. The molecule has 96 valence electrons. The fourth-order valence-corrected chi connectivity index (χ4v) is 1.91. The van der Waals surface area contributed by atoms with Crippen molar-refractivity contribution in [3.05, 3.63) is 0 Å². The van der Waals surface area contributed by atoms with Crippen LogP contribution in [0.3, 0.4) is 0 Å². The zero-order chi connectivity index (χ0) is 12.8. The molecule has 1 heterocycles. The average molecular weight is 242 g/mol. The molecule has 6 nitrogen and oxygen atoms in total. The van der Waals surface area contributed by atoms with Crippen molar-refractivity contribution in [2.45, 2.75) is 38.6 Å². The molecule has 0 bridgehead atoms. The van der Waals surface area contributed by atoms with Gasteiger partial charge in [-0.05, 0) is 19.3 Å². The molecule has 0 aliphatic carbocycles. The number of nitrogens with zero attached hydrogens (tertiary/aromatic N) is 1. The average Bonchev–Trinajstić information content (AvgIpc) is 2.75. The summed E-state index contributed by atoms with van der Waals surface area (Å²) in [5, 5.41) is 11.4. The summed E-state index contributed by atoms with van der Waals surface area (Å²) in [6.45, 7) is 2.23. The second-order valence-corrected chi connectivity index (χ2v) is 4.11. The summed E-state index contributed by atoms with van der Waals surface area (Å²) in [5.74, 6) is -1.47. The van der Waals surface area contributed by atoms with E-state index in [2.05, 4.69) is 5.32 Å². The molecule has 2 N–H and O–H groups in total. The van der Waals surface area contributed by atoms with Crippen molar-refractivity contribution in [3.63, 3.8) is 0 Å². The molecule has 0 aromatic rings. The Labute approximate surface area is 100.0 Å². The SMILES string of the molecule is CCCC(=O)NCC(=O)N1CCC[C@@H]1C(=O)O. The van der Waals surface area contributed by atoms with Gasteiger partial charge in [-0.3, -0.25) is 9.59 Å². The molecule has 0 spiro atoms. The monoisotopic (exact) mass is 242 g/mol. The van der Waals surface area contributed by atoms with Crippen LogP contribution < -0.4 is 5.32 Å². The molecule has 1 atom stereocenters. The van der Waals surface area contributed by atoms with Crippen LogP contribution in [0, 0.1) is 0 Å². The van der Waals surface area contributed by atoms with Gasteiger partial charge in [0, 0.05) is 13.0 Å². The highest BCUT2D eigenvalue weighted by Gasteiger charge is 2.33. The van der Waals surface area contributed by atoms with Gasteiger partial charge in [-0.2, -0.15) is 0 Å². The Balaban J connectivity index is 2.42. The third-order valence-electron chi connectivity index (χ3n) is 2.77. The number of carbonyl (C=O) groups is 3. The van der Waals surface area contributed by atoms with E-state index in [-0.39, 0.29) is 18.4 Å². The van der Waals surface area contributed by atoms with E-state index in [0.29, 0.717) is 25.8 Å². The standard InChI is InChI=1S/C11H18N2O4/c1-2-4-9(14)12-7-10(15)13-6-3-5-8(13)11(16)17/h8H,2-7H2,1H3,(H,12,14)(H,16,17)/t8-/m1/s1. The normalized spacial score (nSPS) is 19.1. The minimum Gasteiger partial charge on any atom is -0.480 e. The van der Waals surface area contributed by atoms with Gasteiger partial charge in [-0.25, -0.2) is 4.79 Å². The lowest BCUT2D eigenvalue weighted by Gasteiger charge is -2.21. The zero-order valence-corrected chi connectivity index (χ0v) is 9.94. The van der Waals surface area contributed by atoms with Gasteiger partial charge >= 0.3 is 5.97 Å². The van der Waals surface area contributed by atoms with Crippen LogP contribution in [0.4, 0.5) is 0 Å². The number of carboxylic acid groups (broad SMARTS) is 1. The number of amides is 2. The van der Waals surface area contributed by atoms with Crippen LogP contribution in [0.25, 0.3) is 0 Å². The van der Waals surface area contributed by atoms with E-state index in [0.717, 1.165) is 6.42 Å². The van der Waals surface area contributed by atoms with E-state index in [1.54, 1.807) is 0 Å².